The third kappa shape index (κ3) is 4.26. The van der Waals surface area contributed by atoms with Gasteiger partial charge in [0.05, 0.1) is 29.8 Å². The standard InChI is InChI=1S/C13H22N2O3S/c1-9(8-18-5)15(6-7-17-4)13-14-10(2)12(19-13)11(3)16/h9H,6-8H2,1-5H3. The monoisotopic (exact) mass is 286 g/mol. The van der Waals surface area contributed by atoms with Gasteiger partial charge in [-0.25, -0.2) is 4.98 Å². The molecule has 108 valence electrons. The van der Waals surface area contributed by atoms with Gasteiger partial charge in [-0.05, 0) is 13.8 Å². The van der Waals surface area contributed by atoms with Crippen molar-refractivity contribution in [3.63, 3.8) is 0 Å². The maximum atomic E-state index is 11.5. The van der Waals surface area contributed by atoms with Crippen LogP contribution in [0.3, 0.4) is 0 Å². The van der Waals surface area contributed by atoms with E-state index in [2.05, 4.69) is 16.8 Å². The molecule has 1 aromatic rings. The molecule has 0 saturated heterocycles. The number of ether oxygens (including phenoxy) is 2. The molecule has 1 heterocycles. The molecular formula is C13H22N2O3S. The number of aromatic nitrogens is 1. The highest BCUT2D eigenvalue weighted by atomic mass is 32.1. The summed E-state index contributed by atoms with van der Waals surface area (Å²) in [6.45, 7) is 7.46. The lowest BCUT2D eigenvalue weighted by molar-refractivity contribution is 0.102. The number of hydrogen-bond acceptors (Lipinski definition) is 6. The van der Waals surface area contributed by atoms with Crippen LogP contribution in [0.5, 0.6) is 0 Å². The SMILES string of the molecule is COCCN(c1nc(C)c(C(C)=O)s1)C(C)COC. The van der Waals surface area contributed by atoms with Crippen LogP contribution in [0, 0.1) is 6.92 Å². The molecule has 0 fully saturated rings. The van der Waals surface area contributed by atoms with Gasteiger partial charge in [0.1, 0.15) is 0 Å². The number of carbonyl (C=O) groups is 1. The minimum absolute atomic E-state index is 0.0623. The number of methoxy groups -OCH3 is 2. The highest BCUT2D eigenvalue weighted by Gasteiger charge is 2.20. The fraction of sp³-hybridized carbons (Fsp3) is 0.692. The van der Waals surface area contributed by atoms with Crippen LogP contribution in [0.15, 0.2) is 0 Å². The van der Waals surface area contributed by atoms with E-state index in [0.29, 0.717) is 13.2 Å². The lowest BCUT2D eigenvalue weighted by atomic mass is 10.3. The normalized spacial score (nSPS) is 12.5. The summed E-state index contributed by atoms with van der Waals surface area (Å²) in [6.07, 6.45) is 0. The molecule has 19 heavy (non-hydrogen) atoms. The summed E-state index contributed by atoms with van der Waals surface area (Å²) < 4.78 is 10.3. The van der Waals surface area contributed by atoms with E-state index >= 15 is 0 Å². The van der Waals surface area contributed by atoms with Gasteiger partial charge >= 0.3 is 0 Å². The molecule has 6 heteroatoms. The zero-order valence-corrected chi connectivity index (χ0v) is 13.0. The molecule has 0 aliphatic rings. The topological polar surface area (TPSA) is 51.7 Å². The summed E-state index contributed by atoms with van der Waals surface area (Å²) in [4.78, 5) is 18.9. The first-order valence-electron chi connectivity index (χ1n) is 6.24. The van der Waals surface area contributed by atoms with E-state index in [4.69, 9.17) is 9.47 Å². The van der Waals surface area contributed by atoms with Crippen molar-refractivity contribution < 1.29 is 14.3 Å². The third-order valence-corrected chi connectivity index (χ3v) is 4.12. The van der Waals surface area contributed by atoms with Crippen LogP contribution in [0.4, 0.5) is 5.13 Å². The molecule has 0 bridgehead atoms. The van der Waals surface area contributed by atoms with Gasteiger partial charge in [0.25, 0.3) is 0 Å². The summed E-state index contributed by atoms with van der Waals surface area (Å²) in [6, 6.07) is 0.186. The number of carbonyl (C=O) groups excluding carboxylic acids is 1. The predicted octanol–water partition coefficient (Wildman–Crippen LogP) is 2.14. The van der Waals surface area contributed by atoms with E-state index in [0.717, 1.165) is 22.2 Å². The van der Waals surface area contributed by atoms with Crippen molar-refractivity contribution in [1.29, 1.82) is 0 Å². The first kappa shape index (κ1) is 16.1. The van der Waals surface area contributed by atoms with Gasteiger partial charge in [0, 0.05) is 27.7 Å². The summed E-state index contributed by atoms with van der Waals surface area (Å²) in [7, 11) is 3.35. The Hall–Kier alpha value is -0.980. The fourth-order valence-corrected chi connectivity index (χ4v) is 2.95. The van der Waals surface area contributed by atoms with E-state index in [-0.39, 0.29) is 11.8 Å². The zero-order chi connectivity index (χ0) is 14.4. The molecule has 0 aromatic carbocycles. The van der Waals surface area contributed by atoms with E-state index < -0.39 is 0 Å². The van der Waals surface area contributed by atoms with E-state index in [1.807, 2.05) is 6.92 Å². The van der Waals surface area contributed by atoms with Crippen molar-refractivity contribution in [3.8, 4) is 0 Å². The third-order valence-electron chi connectivity index (χ3n) is 2.83. The summed E-state index contributed by atoms with van der Waals surface area (Å²) in [5, 5.41) is 0.851. The van der Waals surface area contributed by atoms with Gasteiger partial charge in [-0.2, -0.15) is 0 Å². The van der Waals surface area contributed by atoms with Crippen LogP contribution in [-0.2, 0) is 9.47 Å². The van der Waals surface area contributed by atoms with Crippen molar-refractivity contribution in [3.05, 3.63) is 10.6 Å². The Balaban J connectivity index is 2.96. The maximum absolute atomic E-state index is 11.5. The molecule has 0 aliphatic heterocycles. The number of Topliss-reactive ketones (excluding diaryl/α,β-unsaturated/α-hetero) is 1. The smallest absolute Gasteiger partial charge is 0.186 e. The Morgan fingerprint density at radius 3 is 2.58 bits per heavy atom. The fourth-order valence-electron chi connectivity index (χ4n) is 1.86. The van der Waals surface area contributed by atoms with Crippen LogP contribution in [-0.4, -0.2) is 50.8 Å². The number of hydrogen-bond donors (Lipinski definition) is 0. The molecule has 1 rings (SSSR count). The first-order valence-corrected chi connectivity index (χ1v) is 7.05. The second-order valence-corrected chi connectivity index (χ2v) is 5.44. The van der Waals surface area contributed by atoms with E-state index in [9.17, 15) is 4.79 Å². The number of rotatable bonds is 8. The molecule has 1 aromatic heterocycles. The number of ketones is 1. The van der Waals surface area contributed by atoms with Gasteiger partial charge in [-0.1, -0.05) is 11.3 Å². The molecule has 0 aliphatic carbocycles. The largest absolute Gasteiger partial charge is 0.383 e. The number of nitrogens with zero attached hydrogens (tertiary/aromatic N) is 2. The Morgan fingerprint density at radius 2 is 2.11 bits per heavy atom. The van der Waals surface area contributed by atoms with E-state index in [1.165, 1.54) is 11.3 Å². The molecule has 1 unspecified atom stereocenters. The minimum atomic E-state index is 0.0623. The quantitative estimate of drug-likeness (QED) is 0.685. The van der Waals surface area contributed by atoms with Gasteiger partial charge in [-0.3, -0.25) is 4.79 Å². The Bertz CT molecular complexity index is 420. The Morgan fingerprint density at radius 1 is 1.42 bits per heavy atom. The lowest BCUT2D eigenvalue weighted by Gasteiger charge is -2.28. The highest BCUT2D eigenvalue weighted by molar-refractivity contribution is 7.17. The predicted molar refractivity (Wildman–Crippen MR) is 77.4 cm³/mol. The molecule has 0 N–H and O–H groups in total. The van der Waals surface area contributed by atoms with E-state index in [1.54, 1.807) is 21.1 Å². The molecule has 0 amide bonds. The van der Waals surface area contributed by atoms with Crippen LogP contribution in [0.25, 0.3) is 0 Å². The van der Waals surface area contributed by atoms with Crippen LogP contribution in [0.1, 0.15) is 29.2 Å². The summed E-state index contributed by atoms with van der Waals surface area (Å²) in [5.41, 5.74) is 0.791. The second kappa shape index (κ2) is 7.57. The highest BCUT2D eigenvalue weighted by Crippen LogP contribution is 2.27. The van der Waals surface area contributed by atoms with Crippen LogP contribution in [0.2, 0.25) is 0 Å². The first-order chi connectivity index (χ1) is 9.01. The molecule has 1 atom stereocenters. The average molecular weight is 286 g/mol. The van der Waals surface area contributed by atoms with Crippen molar-refractivity contribution in [2.24, 2.45) is 0 Å². The number of thiazole rings is 1. The Labute approximate surface area is 118 Å². The van der Waals surface area contributed by atoms with Gasteiger partial charge < -0.3 is 14.4 Å². The van der Waals surface area contributed by atoms with Crippen molar-refractivity contribution in [2.75, 3.05) is 38.9 Å². The van der Waals surface area contributed by atoms with Crippen molar-refractivity contribution in [1.82, 2.24) is 4.98 Å². The average Bonchev–Trinajstić information content (AvgIpc) is 2.72. The molecule has 0 spiro atoms. The van der Waals surface area contributed by atoms with Gasteiger partial charge in [0.2, 0.25) is 0 Å². The molecule has 0 saturated carbocycles. The number of anilines is 1. The van der Waals surface area contributed by atoms with Crippen LogP contribution < -0.4 is 4.90 Å². The molecule has 0 radical (unpaired) electrons. The van der Waals surface area contributed by atoms with Crippen molar-refractivity contribution >= 4 is 22.3 Å². The summed E-state index contributed by atoms with van der Waals surface area (Å²) in [5.74, 6) is 0.0623. The van der Waals surface area contributed by atoms with Gasteiger partial charge in [0.15, 0.2) is 10.9 Å². The molecule has 5 nitrogen and oxygen atoms in total. The van der Waals surface area contributed by atoms with Crippen LogP contribution >= 0.6 is 11.3 Å². The zero-order valence-electron chi connectivity index (χ0n) is 12.2. The van der Waals surface area contributed by atoms with Gasteiger partial charge in [-0.15, -0.1) is 0 Å². The second-order valence-electron chi connectivity index (χ2n) is 4.46. The summed E-state index contributed by atoms with van der Waals surface area (Å²) >= 11 is 1.43. The minimum Gasteiger partial charge on any atom is -0.383 e. The lowest BCUT2D eigenvalue weighted by Crippen LogP contribution is -2.38. The van der Waals surface area contributed by atoms with Crippen molar-refractivity contribution in [2.45, 2.75) is 26.8 Å². The Kier molecular flexibility index (Phi) is 6.41. The maximum Gasteiger partial charge on any atom is 0.186 e. The number of aryl methyl sites for hydroxylation is 1. The molecular weight excluding hydrogens is 264 g/mol.